The van der Waals surface area contributed by atoms with Crippen LogP contribution in [0.4, 0.5) is 4.79 Å². The quantitative estimate of drug-likeness (QED) is 0.929. The zero-order valence-electron chi connectivity index (χ0n) is 15.3. The van der Waals surface area contributed by atoms with Crippen LogP contribution in [0.5, 0.6) is 0 Å². The molecule has 0 bridgehead atoms. The number of pyridine rings is 1. The average molecular weight is 341 g/mol. The number of hydrogen-bond donors (Lipinski definition) is 1. The Morgan fingerprint density at radius 3 is 2.72 bits per heavy atom. The van der Waals surface area contributed by atoms with Gasteiger partial charge in [0.25, 0.3) is 0 Å². The van der Waals surface area contributed by atoms with Crippen molar-refractivity contribution in [2.24, 2.45) is 7.05 Å². The standard InChI is InChI=1S/C19H27N5O/c1-14(17-13-21-23(3)15(17)2)22-19(25)24-12-6-4-5-7-18(24)16-8-10-20-11-9-16/h8-11,13-14,18H,4-7,12H2,1-3H3,(H,22,25)/t14-,18+/m0/s1. The lowest BCUT2D eigenvalue weighted by atomic mass is 10.0. The molecule has 6 heteroatoms. The minimum absolute atomic E-state index is 0.000495. The molecule has 2 atom stereocenters. The summed E-state index contributed by atoms with van der Waals surface area (Å²) in [5.74, 6) is 0. The maximum absolute atomic E-state index is 13.0. The Hall–Kier alpha value is -2.37. The van der Waals surface area contributed by atoms with Crippen LogP contribution in [0.2, 0.25) is 0 Å². The zero-order valence-corrected chi connectivity index (χ0v) is 15.3. The second kappa shape index (κ2) is 7.68. The van der Waals surface area contributed by atoms with Crippen LogP contribution in [0.15, 0.2) is 30.7 Å². The van der Waals surface area contributed by atoms with E-state index in [-0.39, 0.29) is 18.1 Å². The highest BCUT2D eigenvalue weighted by molar-refractivity contribution is 5.75. The Morgan fingerprint density at radius 1 is 1.28 bits per heavy atom. The minimum Gasteiger partial charge on any atom is -0.331 e. The fraction of sp³-hybridized carbons (Fsp3) is 0.526. The average Bonchev–Trinajstić information content (AvgIpc) is 2.83. The smallest absolute Gasteiger partial charge is 0.318 e. The lowest BCUT2D eigenvalue weighted by molar-refractivity contribution is 0.172. The molecule has 1 aliphatic rings. The SMILES string of the molecule is Cc1c([C@H](C)NC(=O)N2CCCCC[C@@H]2c2ccncc2)cnn1C. The lowest BCUT2D eigenvalue weighted by Gasteiger charge is -2.31. The van der Waals surface area contributed by atoms with E-state index in [4.69, 9.17) is 0 Å². The molecule has 25 heavy (non-hydrogen) atoms. The molecule has 134 valence electrons. The molecule has 0 spiro atoms. The predicted molar refractivity (Wildman–Crippen MR) is 97.0 cm³/mol. The molecule has 0 aromatic carbocycles. The van der Waals surface area contributed by atoms with Gasteiger partial charge in [-0.3, -0.25) is 9.67 Å². The Bertz CT molecular complexity index is 712. The Labute approximate surface area is 149 Å². The fourth-order valence-corrected chi connectivity index (χ4v) is 3.57. The van der Waals surface area contributed by atoms with Crippen molar-refractivity contribution in [3.63, 3.8) is 0 Å². The molecule has 0 radical (unpaired) electrons. The number of carbonyl (C=O) groups excluding carboxylic acids is 1. The summed E-state index contributed by atoms with van der Waals surface area (Å²) in [5.41, 5.74) is 3.30. The number of aryl methyl sites for hydroxylation is 1. The van der Waals surface area contributed by atoms with Gasteiger partial charge < -0.3 is 10.2 Å². The largest absolute Gasteiger partial charge is 0.331 e. The second-order valence-corrected chi connectivity index (χ2v) is 6.82. The fourth-order valence-electron chi connectivity index (χ4n) is 3.57. The van der Waals surface area contributed by atoms with Crippen LogP contribution in [0.3, 0.4) is 0 Å². The van der Waals surface area contributed by atoms with Crippen molar-refractivity contribution in [1.29, 1.82) is 0 Å². The first-order valence-electron chi connectivity index (χ1n) is 9.03. The number of aromatic nitrogens is 3. The summed E-state index contributed by atoms with van der Waals surface area (Å²) in [5, 5.41) is 7.44. The summed E-state index contributed by atoms with van der Waals surface area (Å²) in [4.78, 5) is 19.1. The van der Waals surface area contributed by atoms with Crippen molar-refractivity contribution in [2.45, 2.75) is 51.6 Å². The first kappa shape index (κ1) is 17.5. The molecular formula is C19H27N5O. The van der Waals surface area contributed by atoms with Gasteiger partial charge in [0, 0.05) is 37.2 Å². The van der Waals surface area contributed by atoms with E-state index in [0.29, 0.717) is 0 Å². The van der Waals surface area contributed by atoms with Crippen LogP contribution < -0.4 is 5.32 Å². The van der Waals surface area contributed by atoms with Gasteiger partial charge in [-0.1, -0.05) is 12.8 Å². The summed E-state index contributed by atoms with van der Waals surface area (Å²) in [6.07, 6.45) is 9.81. The van der Waals surface area contributed by atoms with Crippen molar-refractivity contribution < 1.29 is 4.79 Å². The predicted octanol–water partition coefficient (Wildman–Crippen LogP) is 3.51. The zero-order chi connectivity index (χ0) is 17.8. The number of nitrogens with one attached hydrogen (secondary N) is 1. The molecular weight excluding hydrogens is 314 g/mol. The van der Waals surface area contributed by atoms with Crippen molar-refractivity contribution >= 4 is 6.03 Å². The van der Waals surface area contributed by atoms with Crippen LogP contribution >= 0.6 is 0 Å². The molecule has 2 amide bonds. The molecule has 2 aromatic rings. The lowest BCUT2D eigenvalue weighted by Crippen LogP contribution is -2.43. The molecule has 3 heterocycles. The molecule has 1 aliphatic heterocycles. The van der Waals surface area contributed by atoms with E-state index in [2.05, 4.69) is 15.4 Å². The van der Waals surface area contributed by atoms with Gasteiger partial charge in [-0.15, -0.1) is 0 Å². The maximum Gasteiger partial charge on any atom is 0.318 e. The Kier molecular flexibility index (Phi) is 5.36. The van der Waals surface area contributed by atoms with E-state index in [1.54, 1.807) is 12.4 Å². The monoisotopic (exact) mass is 341 g/mol. The summed E-state index contributed by atoms with van der Waals surface area (Å²) in [6.45, 7) is 4.83. The van der Waals surface area contributed by atoms with Gasteiger partial charge in [-0.25, -0.2) is 4.79 Å². The van der Waals surface area contributed by atoms with Crippen LogP contribution in [-0.4, -0.2) is 32.2 Å². The van der Waals surface area contributed by atoms with Crippen molar-refractivity contribution in [3.8, 4) is 0 Å². The highest BCUT2D eigenvalue weighted by atomic mass is 16.2. The normalized spacial score (nSPS) is 19.3. The topological polar surface area (TPSA) is 63.1 Å². The van der Waals surface area contributed by atoms with Crippen LogP contribution in [0.25, 0.3) is 0 Å². The Morgan fingerprint density at radius 2 is 2.04 bits per heavy atom. The summed E-state index contributed by atoms with van der Waals surface area (Å²) in [7, 11) is 1.92. The third kappa shape index (κ3) is 3.83. The third-order valence-electron chi connectivity index (χ3n) is 5.18. The molecule has 0 saturated carbocycles. The second-order valence-electron chi connectivity index (χ2n) is 6.82. The number of nitrogens with zero attached hydrogens (tertiary/aromatic N) is 4. The number of urea groups is 1. The van der Waals surface area contributed by atoms with Gasteiger partial charge in [0.2, 0.25) is 0 Å². The number of hydrogen-bond acceptors (Lipinski definition) is 3. The van der Waals surface area contributed by atoms with Crippen molar-refractivity contribution in [3.05, 3.63) is 47.5 Å². The highest BCUT2D eigenvalue weighted by Gasteiger charge is 2.28. The van der Waals surface area contributed by atoms with Crippen molar-refractivity contribution in [2.75, 3.05) is 6.54 Å². The van der Waals surface area contributed by atoms with Gasteiger partial charge >= 0.3 is 6.03 Å². The molecule has 3 rings (SSSR count). The van der Waals surface area contributed by atoms with E-state index in [1.165, 1.54) is 6.42 Å². The van der Waals surface area contributed by atoms with Crippen molar-refractivity contribution in [1.82, 2.24) is 25.0 Å². The van der Waals surface area contributed by atoms with Gasteiger partial charge in [-0.2, -0.15) is 5.10 Å². The Balaban J connectivity index is 1.77. The summed E-state index contributed by atoms with van der Waals surface area (Å²) >= 11 is 0. The first-order valence-corrected chi connectivity index (χ1v) is 9.03. The van der Waals surface area contributed by atoms with Gasteiger partial charge in [0.15, 0.2) is 0 Å². The van der Waals surface area contributed by atoms with E-state index in [1.807, 2.05) is 48.8 Å². The number of amides is 2. The molecule has 0 aliphatic carbocycles. The van der Waals surface area contributed by atoms with E-state index < -0.39 is 0 Å². The van der Waals surface area contributed by atoms with E-state index in [0.717, 1.165) is 42.6 Å². The number of rotatable bonds is 3. The van der Waals surface area contributed by atoms with Crippen LogP contribution in [0.1, 0.15) is 61.5 Å². The van der Waals surface area contributed by atoms with Crippen LogP contribution in [0, 0.1) is 6.92 Å². The van der Waals surface area contributed by atoms with Gasteiger partial charge in [0.05, 0.1) is 18.3 Å². The number of carbonyl (C=O) groups is 1. The molecule has 1 fully saturated rings. The van der Waals surface area contributed by atoms with Gasteiger partial charge in [0.1, 0.15) is 0 Å². The van der Waals surface area contributed by atoms with Crippen LogP contribution in [-0.2, 0) is 7.05 Å². The summed E-state index contributed by atoms with van der Waals surface area (Å²) in [6, 6.07) is 4.09. The van der Waals surface area contributed by atoms with Gasteiger partial charge in [-0.05, 0) is 44.4 Å². The van der Waals surface area contributed by atoms with E-state index >= 15 is 0 Å². The third-order valence-corrected chi connectivity index (χ3v) is 5.18. The molecule has 1 N–H and O–H groups in total. The molecule has 2 aromatic heterocycles. The highest BCUT2D eigenvalue weighted by Crippen LogP contribution is 2.30. The van der Waals surface area contributed by atoms with E-state index in [9.17, 15) is 4.79 Å². The minimum atomic E-state index is -0.0671. The number of likely N-dealkylation sites (tertiary alicyclic amines) is 1. The molecule has 6 nitrogen and oxygen atoms in total. The summed E-state index contributed by atoms with van der Waals surface area (Å²) < 4.78 is 1.84. The molecule has 1 saturated heterocycles. The molecule has 0 unspecified atom stereocenters. The maximum atomic E-state index is 13.0. The first-order chi connectivity index (χ1) is 12.1.